The van der Waals surface area contributed by atoms with Crippen molar-refractivity contribution < 1.29 is 24.5 Å². The molecule has 1 fully saturated rings. The summed E-state index contributed by atoms with van der Waals surface area (Å²) in [5.41, 5.74) is 5.20. The lowest BCUT2D eigenvalue weighted by atomic mass is 9.98. The highest BCUT2D eigenvalue weighted by molar-refractivity contribution is 7.99. The number of carbonyl (C=O) groups excluding carboxylic acids is 1. The van der Waals surface area contributed by atoms with Crippen LogP contribution in [0.25, 0.3) is 11.1 Å². The number of carbonyl (C=O) groups is 2. The van der Waals surface area contributed by atoms with E-state index in [2.05, 4.69) is 12.1 Å². The van der Waals surface area contributed by atoms with Crippen molar-refractivity contribution in [3.8, 4) is 16.9 Å². The molecule has 0 bridgehead atoms. The van der Waals surface area contributed by atoms with E-state index in [1.54, 1.807) is 12.1 Å². The first-order valence-electron chi connectivity index (χ1n) is 10.3. The first-order chi connectivity index (χ1) is 15.5. The second-order valence-electron chi connectivity index (χ2n) is 7.84. The second kappa shape index (κ2) is 8.24. The number of aromatic hydroxyl groups is 1. The fourth-order valence-electron chi connectivity index (χ4n) is 4.48. The first-order valence-corrected chi connectivity index (χ1v) is 11.4. The SMILES string of the molecule is O=C(O)C1CSC(c2ccc(O)cc2)N1C(=O)OCC1c2ccccc2-c2ccccc21. The number of thioether (sulfide) groups is 1. The van der Waals surface area contributed by atoms with Crippen LogP contribution in [-0.2, 0) is 9.53 Å². The van der Waals surface area contributed by atoms with Gasteiger partial charge in [-0.3, -0.25) is 4.90 Å². The molecule has 3 aromatic carbocycles. The number of nitrogens with zero attached hydrogens (tertiary/aromatic N) is 1. The van der Waals surface area contributed by atoms with Gasteiger partial charge in [0.25, 0.3) is 0 Å². The summed E-state index contributed by atoms with van der Waals surface area (Å²) in [6, 6.07) is 21.6. The van der Waals surface area contributed by atoms with Crippen LogP contribution < -0.4 is 0 Å². The number of benzene rings is 3. The summed E-state index contributed by atoms with van der Waals surface area (Å²) in [4.78, 5) is 26.3. The largest absolute Gasteiger partial charge is 0.508 e. The Morgan fingerprint density at radius 2 is 1.53 bits per heavy atom. The van der Waals surface area contributed by atoms with Crippen LogP contribution in [0.3, 0.4) is 0 Å². The minimum atomic E-state index is -1.06. The normalized spacial score (nSPS) is 19.4. The van der Waals surface area contributed by atoms with Crippen molar-refractivity contribution in [3.63, 3.8) is 0 Å². The van der Waals surface area contributed by atoms with Gasteiger partial charge in [-0.25, -0.2) is 9.59 Å². The van der Waals surface area contributed by atoms with Gasteiger partial charge in [-0.2, -0.15) is 0 Å². The van der Waals surface area contributed by atoms with Crippen molar-refractivity contribution in [1.29, 1.82) is 0 Å². The molecule has 162 valence electrons. The van der Waals surface area contributed by atoms with E-state index >= 15 is 0 Å². The predicted octanol–water partition coefficient (Wildman–Crippen LogP) is 4.84. The summed E-state index contributed by atoms with van der Waals surface area (Å²) in [5.74, 6) is -0.783. The molecule has 1 aliphatic heterocycles. The zero-order valence-electron chi connectivity index (χ0n) is 17.0. The summed E-state index contributed by atoms with van der Waals surface area (Å²) in [6.45, 7) is 0.128. The third-order valence-electron chi connectivity index (χ3n) is 6.01. The first kappa shape index (κ1) is 20.5. The maximum Gasteiger partial charge on any atom is 0.411 e. The molecule has 7 heteroatoms. The summed E-state index contributed by atoms with van der Waals surface area (Å²) >= 11 is 1.37. The van der Waals surface area contributed by atoms with Gasteiger partial charge >= 0.3 is 12.1 Å². The fraction of sp³-hybridized carbons (Fsp3) is 0.200. The molecular weight excluding hydrogens is 426 g/mol. The van der Waals surface area contributed by atoms with E-state index in [0.717, 1.165) is 27.8 Å². The van der Waals surface area contributed by atoms with Crippen LogP contribution in [0.4, 0.5) is 4.79 Å². The fourth-order valence-corrected chi connectivity index (χ4v) is 5.89. The third-order valence-corrected chi connectivity index (χ3v) is 7.33. The van der Waals surface area contributed by atoms with Gasteiger partial charge in [0.1, 0.15) is 23.8 Å². The number of carboxylic acid groups (broad SMARTS) is 1. The highest BCUT2D eigenvalue weighted by Gasteiger charge is 2.44. The molecule has 0 spiro atoms. The molecule has 0 radical (unpaired) electrons. The predicted molar refractivity (Wildman–Crippen MR) is 122 cm³/mol. The van der Waals surface area contributed by atoms with E-state index in [4.69, 9.17) is 4.74 Å². The van der Waals surface area contributed by atoms with E-state index in [9.17, 15) is 19.8 Å². The topological polar surface area (TPSA) is 87.1 Å². The minimum Gasteiger partial charge on any atom is -0.508 e. The van der Waals surface area contributed by atoms with Gasteiger partial charge in [0.2, 0.25) is 0 Å². The van der Waals surface area contributed by atoms with Crippen LogP contribution in [0, 0.1) is 0 Å². The van der Waals surface area contributed by atoms with Gasteiger partial charge in [-0.15, -0.1) is 11.8 Å². The molecule has 2 atom stereocenters. The highest BCUT2D eigenvalue weighted by Crippen LogP contribution is 2.45. The number of carboxylic acids is 1. The van der Waals surface area contributed by atoms with Gasteiger partial charge in [-0.05, 0) is 39.9 Å². The maximum absolute atomic E-state index is 13.2. The lowest BCUT2D eigenvalue weighted by Crippen LogP contribution is -2.43. The van der Waals surface area contributed by atoms with Crippen molar-refractivity contribution >= 4 is 23.8 Å². The van der Waals surface area contributed by atoms with Crippen molar-refractivity contribution in [2.24, 2.45) is 0 Å². The maximum atomic E-state index is 13.2. The number of ether oxygens (including phenoxy) is 1. The van der Waals surface area contributed by atoms with Crippen LogP contribution in [-0.4, -0.2) is 45.6 Å². The molecule has 1 aliphatic carbocycles. The van der Waals surface area contributed by atoms with Gasteiger partial charge in [0, 0.05) is 11.7 Å². The van der Waals surface area contributed by atoms with Crippen LogP contribution in [0.5, 0.6) is 5.75 Å². The summed E-state index contributed by atoms with van der Waals surface area (Å²) in [5, 5.41) is 18.8. The number of phenolic OH excluding ortho intramolecular Hbond substituents is 1. The zero-order valence-corrected chi connectivity index (χ0v) is 17.9. The monoisotopic (exact) mass is 447 g/mol. The van der Waals surface area contributed by atoms with Crippen LogP contribution >= 0.6 is 11.8 Å². The Kier molecular flexibility index (Phi) is 5.27. The number of phenols is 1. The van der Waals surface area contributed by atoms with Gasteiger partial charge in [0.15, 0.2) is 0 Å². The molecule has 3 aromatic rings. The molecule has 1 saturated heterocycles. The van der Waals surface area contributed by atoms with Crippen LogP contribution in [0.2, 0.25) is 0 Å². The molecule has 32 heavy (non-hydrogen) atoms. The van der Waals surface area contributed by atoms with Crippen molar-refractivity contribution in [2.45, 2.75) is 17.3 Å². The Balaban J connectivity index is 1.39. The quantitative estimate of drug-likeness (QED) is 0.595. The Morgan fingerprint density at radius 3 is 2.12 bits per heavy atom. The number of hydrogen-bond acceptors (Lipinski definition) is 5. The average molecular weight is 448 g/mol. The Labute approximate surface area is 189 Å². The molecular formula is C25H21NO5S. The van der Waals surface area contributed by atoms with E-state index in [0.29, 0.717) is 0 Å². The smallest absolute Gasteiger partial charge is 0.411 e. The van der Waals surface area contributed by atoms with Gasteiger partial charge in [-0.1, -0.05) is 60.7 Å². The molecule has 0 saturated carbocycles. The average Bonchev–Trinajstić information content (AvgIpc) is 3.38. The lowest BCUT2D eigenvalue weighted by Gasteiger charge is -2.27. The summed E-state index contributed by atoms with van der Waals surface area (Å²) in [6.07, 6.45) is -0.651. The summed E-state index contributed by atoms with van der Waals surface area (Å²) < 4.78 is 5.74. The van der Waals surface area contributed by atoms with E-state index in [1.165, 1.54) is 28.8 Å². The van der Waals surface area contributed by atoms with Gasteiger partial charge in [0.05, 0.1) is 0 Å². The van der Waals surface area contributed by atoms with Crippen LogP contribution in [0.1, 0.15) is 28.0 Å². The van der Waals surface area contributed by atoms with Crippen molar-refractivity contribution in [1.82, 2.24) is 4.90 Å². The van der Waals surface area contributed by atoms with Crippen molar-refractivity contribution in [3.05, 3.63) is 89.5 Å². The van der Waals surface area contributed by atoms with E-state index in [-0.39, 0.29) is 24.0 Å². The number of rotatable bonds is 4. The number of aliphatic carboxylic acids is 1. The zero-order chi connectivity index (χ0) is 22.2. The Bertz CT molecular complexity index is 1130. The number of hydrogen-bond donors (Lipinski definition) is 2. The second-order valence-corrected chi connectivity index (χ2v) is 8.96. The molecule has 5 rings (SSSR count). The molecule has 6 nitrogen and oxygen atoms in total. The third kappa shape index (κ3) is 3.48. The molecule has 1 heterocycles. The van der Waals surface area contributed by atoms with E-state index < -0.39 is 23.5 Å². The molecule has 0 aromatic heterocycles. The minimum absolute atomic E-state index is 0.1000. The Morgan fingerprint density at radius 1 is 0.938 bits per heavy atom. The standard InChI is InChI=1S/C25H21NO5S/c27-16-11-9-15(10-12-16)23-26(22(14-32-23)24(28)29)25(30)31-13-21-19-7-3-1-5-17(19)18-6-2-4-8-20(18)21/h1-12,21-23,27H,13-14H2,(H,28,29). The van der Waals surface area contributed by atoms with E-state index in [1.807, 2.05) is 36.4 Å². The number of fused-ring (bicyclic) bond motifs is 3. The highest BCUT2D eigenvalue weighted by atomic mass is 32.2. The molecule has 2 unspecified atom stereocenters. The van der Waals surface area contributed by atoms with Crippen LogP contribution in [0.15, 0.2) is 72.8 Å². The Hall–Kier alpha value is -3.45. The van der Waals surface area contributed by atoms with Crippen molar-refractivity contribution in [2.75, 3.05) is 12.4 Å². The summed E-state index contributed by atoms with van der Waals surface area (Å²) in [7, 11) is 0. The molecule has 1 amide bonds. The number of amides is 1. The molecule has 2 aliphatic rings. The molecule has 2 N–H and O–H groups in total. The lowest BCUT2D eigenvalue weighted by molar-refractivity contribution is -0.141. The van der Waals surface area contributed by atoms with Gasteiger partial charge < -0.3 is 14.9 Å².